The highest BCUT2D eigenvalue weighted by molar-refractivity contribution is 5.96. The van der Waals surface area contributed by atoms with Gasteiger partial charge in [-0.2, -0.15) is 0 Å². The number of amides is 1. The summed E-state index contributed by atoms with van der Waals surface area (Å²) in [5, 5.41) is 2.86. The Bertz CT molecular complexity index is 767. The Balaban J connectivity index is 1.71. The molecule has 28 heavy (non-hydrogen) atoms. The molecule has 1 aliphatic carbocycles. The van der Waals surface area contributed by atoms with E-state index in [4.69, 9.17) is 9.47 Å². The lowest BCUT2D eigenvalue weighted by atomic mass is 9.97. The molecular formula is C23H27NO4. The first-order valence-corrected chi connectivity index (χ1v) is 9.85. The molecule has 0 heterocycles. The van der Waals surface area contributed by atoms with Crippen molar-refractivity contribution < 1.29 is 19.1 Å². The van der Waals surface area contributed by atoms with Gasteiger partial charge in [0.15, 0.2) is 0 Å². The van der Waals surface area contributed by atoms with Crippen molar-refractivity contribution in [2.24, 2.45) is 0 Å². The number of hydrogen-bond donors (Lipinski definition) is 1. The van der Waals surface area contributed by atoms with Crippen LogP contribution in [0.2, 0.25) is 0 Å². The van der Waals surface area contributed by atoms with Crippen LogP contribution >= 0.6 is 0 Å². The van der Waals surface area contributed by atoms with Crippen LogP contribution in [0.25, 0.3) is 0 Å². The fourth-order valence-electron chi connectivity index (χ4n) is 3.45. The van der Waals surface area contributed by atoms with Crippen LogP contribution in [0.5, 0.6) is 5.75 Å². The summed E-state index contributed by atoms with van der Waals surface area (Å²) in [7, 11) is 1.61. The lowest BCUT2D eigenvalue weighted by Gasteiger charge is -2.25. The molecule has 0 aliphatic heterocycles. The number of carbonyl (C=O) groups excluding carboxylic acids is 2. The topological polar surface area (TPSA) is 64.6 Å². The Morgan fingerprint density at radius 3 is 2.32 bits per heavy atom. The van der Waals surface area contributed by atoms with E-state index in [9.17, 15) is 9.59 Å². The van der Waals surface area contributed by atoms with E-state index in [1.54, 1.807) is 31.4 Å². The van der Waals surface area contributed by atoms with Crippen LogP contribution in [0.1, 0.15) is 48.0 Å². The maximum Gasteiger partial charge on any atom is 0.329 e. The number of nitrogens with one attached hydrogen (secondary N) is 1. The lowest BCUT2D eigenvalue weighted by Crippen LogP contribution is -2.44. The zero-order valence-electron chi connectivity index (χ0n) is 16.2. The summed E-state index contributed by atoms with van der Waals surface area (Å²) < 4.78 is 10.9. The molecule has 5 nitrogen and oxygen atoms in total. The van der Waals surface area contributed by atoms with E-state index in [1.807, 2.05) is 30.3 Å². The summed E-state index contributed by atoms with van der Waals surface area (Å²) in [6, 6.07) is 15.7. The van der Waals surface area contributed by atoms with E-state index >= 15 is 0 Å². The predicted octanol–water partition coefficient (Wildman–Crippen LogP) is 3.91. The van der Waals surface area contributed by atoms with Crippen molar-refractivity contribution in [2.45, 2.75) is 50.7 Å². The largest absolute Gasteiger partial charge is 0.497 e. The van der Waals surface area contributed by atoms with Gasteiger partial charge in [0.2, 0.25) is 0 Å². The van der Waals surface area contributed by atoms with Gasteiger partial charge in [-0.1, -0.05) is 36.8 Å². The molecule has 0 bridgehead atoms. The second kappa shape index (κ2) is 9.93. The van der Waals surface area contributed by atoms with Gasteiger partial charge in [-0.25, -0.2) is 4.79 Å². The van der Waals surface area contributed by atoms with Crippen LogP contribution in [-0.2, 0) is 16.0 Å². The summed E-state index contributed by atoms with van der Waals surface area (Å²) >= 11 is 0. The molecule has 1 N–H and O–H groups in total. The first kappa shape index (κ1) is 19.9. The number of benzene rings is 2. The third-order valence-corrected chi connectivity index (χ3v) is 5.06. The molecule has 1 fully saturated rings. The summed E-state index contributed by atoms with van der Waals surface area (Å²) in [5.41, 5.74) is 1.45. The zero-order valence-corrected chi connectivity index (χ0v) is 16.2. The molecule has 1 aliphatic rings. The summed E-state index contributed by atoms with van der Waals surface area (Å²) in [5.74, 6) is 0.102. The van der Waals surface area contributed by atoms with Crippen LogP contribution < -0.4 is 10.1 Å². The quantitative estimate of drug-likeness (QED) is 0.739. The average molecular weight is 381 g/mol. The van der Waals surface area contributed by atoms with E-state index in [0.29, 0.717) is 12.0 Å². The van der Waals surface area contributed by atoms with E-state index < -0.39 is 6.04 Å². The van der Waals surface area contributed by atoms with E-state index in [0.717, 1.165) is 37.0 Å². The molecule has 148 valence electrons. The van der Waals surface area contributed by atoms with Crippen molar-refractivity contribution in [1.82, 2.24) is 5.32 Å². The normalized spacial score (nSPS) is 15.5. The van der Waals surface area contributed by atoms with Crippen LogP contribution in [0.15, 0.2) is 54.6 Å². The molecule has 5 heteroatoms. The Kier molecular flexibility index (Phi) is 7.06. The third-order valence-electron chi connectivity index (χ3n) is 5.06. The molecule has 0 spiro atoms. The number of methoxy groups -OCH3 is 1. The van der Waals surface area contributed by atoms with Crippen molar-refractivity contribution in [3.05, 3.63) is 65.7 Å². The van der Waals surface area contributed by atoms with Crippen molar-refractivity contribution >= 4 is 11.9 Å². The summed E-state index contributed by atoms with van der Waals surface area (Å²) in [6.45, 7) is 0. The Hall–Kier alpha value is -2.82. The number of hydrogen-bond acceptors (Lipinski definition) is 4. The first-order chi connectivity index (χ1) is 13.7. The number of carbonyl (C=O) groups is 2. The Labute approximate surface area is 166 Å². The monoisotopic (exact) mass is 381 g/mol. The number of rotatable bonds is 7. The minimum atomic E-state index is -0.733. The van der Waals surface area contributed by atoms with E-state index in [2.05, 4.69) is 5.32 Å². The fraction of sp³-hybridized carbons (Fsp3) is 0.391. The molecule has 1 amide bonds. The Morgan fingerprint density at radius 1 is 1.00 bits per heavy atom. The third kappa shape index (κ3) is 5.59. The summed E-state index contributed by atoms with van der Waals surface area (Å²) in [4.78, 5) is 25.4. The molecule has 1 atom stereocenters. The molecule has 2 aromatic rings. The molecule has 3 rings (SSSR count). The highest BCUT2D eigenvalue weighted by Gasteiger charge is 2.27. The Morgan fingerprint density at radius 2 is 1.68 bits per heavy atom. The van der Waals surface area contributed by atoms with Gasteiger partial charge < -0.3 is 14.8 Å². The smallest absolute Gasteiger partial charge is 0.329 e. The predicted molar refractivity (Wildman–Crippen MR) is 107 cm³/mol. The highest BCUT2D eigenvalue weighted by atomic mass is 16.5. The van der Waals surface area contributed by atoms with Gasteiger partial charge >= 0.3 is 5.97 Å². The SMILES string of the molecule is COc1ccc(CC(NC(=O)c2ccccc2)C(=O)OC2CCCCC2)cc1. The maximum absolute atomic E-state index is 12.8. The van der Waals surface area contributed by atoms with Crippen LogP contribution in [-0.4, -0.2) is 31.1 Å². The van der Waals surface area contributed by atoms with Crippen molar-refractivity contribution in [2.75, 3.05) is 7.11 Å². The molecular weight excluding hydrogens is 354 g/mol. The van der Waals surface area contributed by atoms with Crippen molar-refractivity contribution in [3.8, 4) is 5.75 Å². The van der Waals surface area contributed by atoms with Crippen LogP contribution in [0.3, 0.4) is 0 Å². The minimum absolute atomic E-state index is 0.0479. The van der Waals surface area contributed by atoms with E-state index in [-0.39, 0.29) is 18.0 Å². The lowest BCUT2D eigenvalue weighted by molar-refractivity contribution is -0.152. The zero-order chi connectivity index (χ0) is 19.8. The standard InChI is InChI=1S/C23H27NO4/c1-27-19-14-12-17(13-15-19)16-21(23(26)28-20-10-6-3-7-11-20)24-22(25)18-8-4-2-5-9-18/h2,4-5,8-9,12-15,20-21H,3,6-7,10-11,16H2,1H3,(H,24,25). The van der Waals surface area contributed by atoms with Crippen LogP contribution in [0.4, 0.5) is 0 Å². The number of ether oxygens (including phenoxy) is 2. The highest BCUT2D eigenvalue weighted by Crippen LogP contribution is 2.21. The molecule has 0 radical (unpaired) electrons. The second-order valence-corrected chi connectivity index (χ2v) is 7.14. The maximum atomic E-state index is 12.8. The second-order valence-electron chi connectivity index (χ2n) is 7.14. The number of esters is 1. The van der Waals surface area contributed by atoms with Gasteiger partial charge in [-0.05, 0) is 55.5 Å². The molecule has 1 unspecified atom stereocenters. The minimum Gasteiger partial charge on any atom is -0.497 e. The first-order valence-electron chi connectivity index (χ1n) is 9.85. The molecule has 2 aromatic carbocycles. The van der Waals surface area contributed by atoms with E-state index in [1.165, 1.54) is 6.42 Å². The fourth-order valence-corrected chi connectivity index (χ4v) is 3.45. The van der Waals surface area contributed by atoms with Gasteiger partial charge in [0.05, 0.1) is 7.11 Å². The summed E-state index contributed by atoms with van der Waals surface area (Å²) in [6.07, 6.45) is 5.46. The van der Waals surface area contributed by atoms with Crippen molar-refractivity contribution in [1.29, 1.82) is 0 Å². The average Bonchev–Trinajstić information content (AvgIpc) is 2.75. The molecule has 0 aromatic heterocycles. The van der Waals surface area contributed by atoms with Gasteiger partial charge in [-0.15, -0.1) is 0 Å². The molecule has 0 saturated heterocycles. The van der Waals surface area contributed by atoms with Crippen LogP contribution in [0, 0.1) is 0 Å². The van der Waals surface area contributed by atoms with Gasteiger partial charge in [0.1, 0.15) is 17.9 Å². The van der Waals surface area contributed by atoms with Gasteiger partial charge in [-0.3, -0.25) is 4.79 Å². The van der Waals surface area contributed by atoms with Gasteiger partial charge in [0.25, 0.3) is 5.91 Å². The molecule has 1 saturated carbocycles. The van der Waals surface area contributed by atoms with Crippen molar-refractivity contribution in [3.63, 3.8) is 0 Å². The van der Waals surface area contributed by atoms with Gasteiger partial charge in [0, 0.05) is 12.0 Å².